The Kier molecular flexibility index (Phi) is 6.34. The second-order valence-electron chi connectivity index (χ2n) is 5.87. The summed E-state index contributed by atoms with van der Waals surface area (Å²) in [6.45, 7) is 3.02. The molecule has 2 N–H and O–H groups in total. The van der Waals surface area contributed by atoms with E-state index in [-0.39, 0.29) is 0 Å². The van der Waals surface area contributed by atoms with Crippen LogP contribution in [-0.4, -0.2) is 30.4 Å². The molecule has 112 valence electrons. The summed E-state index contributed by atoms with van der Waals surface area (Å²) >= 11 is 0. The van der Waals surface area contributed by atoms with Gasteiger partial charge >= 0.3 is 0 Å². The van der Waals surface area contributed by atoms with Gasteiger partial charge in [0, 0.05) is 12.6 Å². The predicted molar refractivity (Wildman–Crippen MR) is 82.2 cm³/mol. The van der Waals surface area contributed by atoms with Crippen molar-refractivity contribution in [2.45, 2.75) is 57.6 Å². The minimum absolute atomic E-state index is 0.350. The van der Waals surface area contributed by atoms with E-state index in [1.807, 2.05) is 24.3 Å². The molecule has 1 fully saturated rings. The van der Waals surface area contributed by atoms with Gasteiger partial charge in [0.15, 0.2) is 0 Å². The number of hydrogen-bond acceptors (Lipinski definition) is 3. The number of ether oxygens (including phenoxy) is 1. The largest absolute Gasteiger partial charge is 0.491 e. The fraction of sp³-hybridized carbons (Fsp3) is 0.647. The number of hydrogen-bond donors (Lipinski definition) is 2. The van der Waals surface area contributed by atoms with Crippen LogP contribution in [0.15, 0.2) is 24.3 Å². The van der Waals surface area contributed by atoms with Crippen molar-refractivity contribution >= 4 is 0 Å². The van der Waals surface area contributed by atoms with Crippen LogP contribution in [0.4, 0.5) is 0 Å². The molecule has 1 aliphatic rings. The van der Waals surface area contributed by atoms with Gasteiger partial charge in [0.1, 0.15) is 18.5 Å². The van der Waals surface area contributed by atoms with Gasteiger partial charge in [0.25, 0.3) is 0 Å². The van der Waals surface area contributed by atoms with Crippen LogP contribution >= 0.6 is 0 Å². The molecule has 0 saturated heterocycles. The highest BCUT2D eigenvalue weighted by Gasteiger charge is 2.13. The molecule has 3 nitrogen and oxygen atoms in total. The Morgan fingerprint density at radius 3 is 2.45 bits per heavy atom. The Morgan fingerprint density at radius 2 is 1.80 bits per heavy atom. The van der Waals surface area contributed by atoms with E-state index < -0.39 is 6.10 Å². The van der Waals surface area contributed by atoms with Gasteiger partial charge in [0.2, 0.25) is 0 Å². The molecule has 1 aliphatic carbocycles. The fourth-order valence-corrected chi connectivity index (χ4v) is 2.67. The second-order valence-corrected chi connectivity index (χ2v) is 5.87. The predicted octanol–water partition coefficient (Wildman–Crippen LogP) is 3.05. The van der Waals surface area contributed by atoms with E-state index in [1.165, 1.54) is 44.1 Å². The molecule has 1 unspecified atom stereocenters. The highest BCUT2D eigenvalue weighted by Crippen LogP contribution is 2.17. The van der Waals surface area contributed by atoms with Crippen LogP contribution in [0.1, 0.15) is 44.1 Å². The molecular weight excluding hydrogens is 250 g/mol. The molecule has 0 radical (unpaired) electrons. The quantitative estimate of drug-likeness (QED) is 0.785. The summed E-state index contributed by atoms with van der Waals surface area (Å²) in [5, 5.41) is 13.5. The van der Waals surface area contributed by atoms with Gasteiger partial charge in [-0.15, -0.1) is 0 Å². The number of aliphatic hydroxyl groups excluding tert-OH is 1. The van der Waals surface area contributed by atoms with Crippen LogP contribution in [-0.2, 0) is 0 Å². The highest BCUT2D eigenvalue weighted by molar-refractivity contribution is 5.26. The summed E-state index contributed by atoms with van der Waals surface area (Å²) < 4.78 is 5.60. The first-order chi connectivity index (χ1) is 9.74. The summed E-state index contributed by atoms with van der Waals surface area (Å²) in [4.78, 5) is 0. The lowest BCUT2D eigenvalue weighted by atomic mass is 10.1. The van der Waals surface area contributed by atoms with E-state index in [2.05, 4.69) is 12.2 Å². The summed E-state index contributed by atoms with van der Waals surface area (Å²) in [7, 11) is 0. The monoisotopic (exact) mass is 277 g/mol. The van der Waals surface area contributed by atoms with Crippen LogP contribution in [0.2, 0.25) is 0 Å². The summed E-state index contributed by atoms with van der Waals surface area (Å²) in [6, 6.07) is 8.50. The molecule has 0 heterocycles. The molecule has 0 aliphatic heterocycles. The molecule has 1 saturated carbocycles. The minimum Gasteiger partial charge on any atom is -0.491 e. The van der Waals surface area contributed by atoms with Crippen molar-refractivity contribution in [1.29, 1.82) is 0 Å². The molecule has 0 spiro atoms. The highest BCUT2D eigenvalue weighted by atomic mass is 16.5. The lowest BCUT2D eigenvalue weighted by molar-refractivity contribution is 0.103. The Hall–Kier alpha value is -1.06. The second kappa shape index (κ2) is 8.28. The molecule has 1 atom stereocenters. The fourth-order valence-electron chi connectivity index (χ4n) is 2.67. The standard InChI is InChI=1S/C17H27NO2/c1-14-8-10-17(11-9-14)20-13-16(19)12-18-15-6-4-2-3-5-7-15/h8-11,15-16,18-19H,2-7,12-13H2,1H3. The smallest absolute Gasteiger partial charge is 0.119 e. The van der Waals surface area contributed by atoms with Gasteiger partial charge in [-0.05, 0) is 31.9 Å². The van der Waals surface area contributed by atoms with Crippen LogP contribution in [0, 0.1) is 6.92 Å². The maximum absolute atomic E-state index is 9.98. The van der Waals surface area contributed by atoms with Crippen molar-refractivity contribution in [3.05, 3.63) is 29.8 Å². The van der Waals surface area contributed by atoms with E-state index in [9.17, 15) is 5.11 Å². The van der Waals surface area contributed by atoms with Gasteiger partial charge in [-0.2, -0.15) is 0 Å². The molecule has 0 aromatic heterocycles. The lowest BCUT2D eigenvalue weighted by Gasteiger charge is -2.19. The molecule has 0 amide bonds. The zero-order chi connectivity index (χ0) is 14.2. The van der Waals surface area contributed by atoms with Crippen LogP contribution < -0.4 is 10.1 Å². The molecule has 1 aromatic carbocycles. The number of aryl methyl sites for hydroxylation is 1. The SMILES string of the molecule is Cc1ccc(OCC(O)CNC2CCCCCC2)cc1. The third-order valence-corrected chi connectivity index (χ3v) is 3.96. The third-order valence-electron chi connectivity index (χ3n) is 3.96. The van der Waals surface area contributed by atoms with E-state index >= 15 is 0 Å². The number of rotatable bonds is 6. The Labute approximate surface area is 122 Å². The first-order valence-electron chi connectivity index (χ1n) is 7.85. The van der Waals surface area contributed by atoms with Gasteiger partial charge in [-0.1, -0.05) is 43.4 Å². The Balaban J connectivity index is 1.64. The number of benzene rings is 1. The van der Waals surface area contributed by atoms with Crippen LogP contribution in [0.3, 0.4) is 0 Å². The Morgan fingerprint density at radius 1 is 1.15 bits per heavy atom. The van der Waals surface area contributed by atoms with Crippen LogP contribution in [0.25, 0.3) is 0 Å². The van der Waals surface area contributed by atoms with Crippen LogP contribution in [0.5, 0.6) is 5.75 Å². The summed E-state index contributed by atoms with van der Waals surface area (Å²) in [5.41, 5.74) is 1.22. The van der Waals surface area contributed by atoms with E-state index in [0.717, 1.165) is 5.75 Å². The average Bonchev–Trinajstić information content (AvgIpc) is 2.73. The molecular formula is C17H27NO2. The summed E-state index contributed by atoms with van der Waals surface area (Å²) in [5.74, 6) is 0.823. The van der Waals surface area contributed by atoms with E-state index in [1.54, 1.807) is 0 Å². The topological polar surface area (TPSA) is 41.5 Å². The zero-order valence-corrected chi connectivity index (χ0v) is 12.5. The van der Waals surface area contributed by atoms with Crippen molar-refractivity contribution in [2.24, 2.45) is 0 Å². The van der Waals surface area contributed by atoms with Gasteiger partial charge in [-0.3, -0.25) is 0 Å². The molecule has 20 heavy (non-hydrogen) atoms. The molecule has 0 bridgehead atoms. The first kappa shape index (κ1) is 15.3. The number of nitrogens with one attached hydrogen (secondary N) is 1. The number of aliphatic hydroxyl groups is 1. The van der Waals surface area contributed by atoms with E-state index in [4.69, 9.17) is 4.74 Å². The summed E-state index contributed by atoms with van der Waals surface area (Å²) in [6.07, 6.45) is 7.38. The van der Waals surface area contributed by atoms with Crippen molar-refractivity contribution in [3.8, 4) is 5.75 Å². The third kappa shape index (κ3) is 5.51. The van der Waals surface area contributed by atoms with Crippen molar-refractivity contribution < 1.29 is 9.84 Å². The minimum atomic E-state index is -0.445. The van der Waals surface area contributed by atoms with Gasteiger partial charge in [-0.25, -0.2) is 0 Å². The van der Waals surface area contributed by atoms with Crippen molar-refractivity contribution in [2.75, 3.05) is 13.2 Å². The lowest BCUT2D eigenvalue weighted by Crippen LogP contribution is -2.37. The first-order valence-corrected chi connectivity index (χ1v) is 7.85. The van der Waals surface area contributed by atoms with Crippen molar-refractivity contribution in [1.82, 2.24) is 5.32 Å². The zero-order valence-electron chi connectivity index (χ0n) is 12.5. The maximum Gasteiger partial charge on any atom is 0.119 e. The van der Waals surface area contributed by atoms with Gasteiger partial charge < -0.3 is 15.2 Å². The Bertz CT molecular complexity index is 369. The van der Waals surface area contributed by atoms with Crippen molar-refractivity contribution in [3.63, 3.8) is 0 Å². The molecule has 1 aromatic rings. The molecule has 3 heteroatoms. The average molecular weight is 277 g/mol. The van der Waals surface area contributed by atoms with Gasteiger partial charge in [0.05, 0.1) is 0 Å². The molecule has 2 rings (SSSR count). The normalized spacial score (nSPS) is 18.5. The van der Waals surface area contributed by atoms with E-state index in [0.29, 0.717) is 19.2 Å². The maximum atomic E-state index is 9.98.